The summed E-state index contributed by atoms with van der Waals surface area (Å²) in [7, 11) is -3.39. The number of hydrogen-bond donors (Lipinski definition) is 1. The van der Waals surface area contributed by atoms with Crippen molar-refractivity contribution in [3.63, 3.8) is 0 Å². The molecule has 0 amide bonds. The lowest BCUT2D eigenvalue weighted by atomic mass is 10.2. The molecule has 0 aromatic heterocycles. The van der Waals surface area contributed by atoms with Gasteiger partial charge < -0.3 is 4.90 Å². The zero-order chi connectivity index (χ0) is 18.1. The SMILES string of the molecule is CCCCCCN1CCN(CCNS(=O)(=O)c2ccc(C)cc2)CC1. The number of hydrogen-bond acceptors (Lipinski definition) is 4. The Morgan fingerprint density at radius 1 is 0.920 bits per heavy atom. The van der Waals surface area contributed by atoms with Gasteiger partial charge in [-0.15, -0.1) is 0 Å². The van der Waals surface area contributed by atoms with Crippen LogP contribution in [0.5, 0.6) is 0 Å². The molecule has 1 N–H and O–H groups in total. The Bertz CT molecular complexity index is 594. The second-order valence-electron chi connectivity index (χ2n) is 6.95. The van der Waals surface area contributed by atoms with E-state index in [9.17, 15) is 8.42 Å². The quantitative estimate of drug-likeness (QED) is 0.646. The normalized spacial score (nSPS) is 17.0. The predicted octanol–water partition coefficient (Wildman–Crippen LogP) is 2.47. The minimum absolute atomic E-state index is 0.343. The monoisotopic (exact) mass is 367 g/mol. The van der Waals surface area contributed by atoms with E-state index in [1.54, 1.807) is 12.1 Å². The van der Waals surface area contributed by atoms with E-state index in [4.69, 9.17) is 0 Å². The van der Waals surface area contributed by atoms with Crippen molar-refractivity contribution >= 4 is 10.0 Å². The predicted molar refractivity (Wildman–Crippen MR) is 103 cm³/mol. The van der Waals surface area contributed by atoms with Gasteiger partial charge in [0.15, 0.2) is 0 Å². The van der Waals surface area contributed by atoms with E-state index < -0.39 is 10.0 Å². The van der Waals surface area contributed by atoms with Gasteiger partial charge in [-0.25, -0.2) is 13.1 Å². The molecule has 0 radical (unpaired) electrons. The average Bonchev–Trinajstić information content (AvgIpc) is 2.60. The molecule has 1 saturated heterocycles. The van der Waals surface area contributed by atoms with Gasteiger partial charge >= 0.3 is 0 Å². The number of rotatable bonds is 10. The molecule has 25 heavy (non-hydrogen) atoms. The Balaban J connectivity index is 1.65. The van der Waals surface area contributed by atoms with E-state index in [0.29, 0.717) is 11.4 Å². The molecule has 1 aromatic rings. The zero-order valence-corrected chi connectivity index (χ0v) is 16.5. The average molecular weight is 368 g/mol. The van der Waals surface area contributed by atoms with Crippen LogP contribution in [-0.4, -0.2) is 64.0 Å². The van der Waals surface area contributed by atoms with Crippen LogP contribution >= 0.6 is 0 Å². The van der Waals surface area contributed by atoms with E-state index in [1.807, 2.05) is 19.1 Å². The summed E-state index contributed by atoms with van der Waals surface area (Å²) in [5, 5.41) is 0. The summed E-state index contributed by atoms with van der Waals surface area (Å²) >= 11 is 0. The van der Waals surface area contributed by atoms with E-state index in [1.165, 1.54) is 32.2 Å². The van der Waals surface area contributed by atoms with Gasteiger partial charge in [0.2, 0.25) is 10.0 Å². The van der Waals surface area contributed by atoms with Crippen LogP contribution in [0.4, 0.5) is 0 Å². The first-order valence-electron chi connectivity index (χ1n) is 9.52. The molecule has 1 aliphatic heterocycles. The first kappa shape index (κ1) is 20.4. The molecule has 1 aromatic carbocycles. The Hall–Kier alpha value is -0.950. The summed E-state index contributed by atoms with van der Waals surface area (Å²) in [6, 6.07) is 6.98. The zero-order valence-electron chi connectivity index (χ0n) is 15.7. The third kappa shape index (κ3) is 7.05. The van der Waals surface area contributed by atoms with Crippen molar-refractivity contribution in [2.75, 3.05) is 45.8 Å². The maximum absolute atomic E-state index is 12.3. The lowest BCUT2D eigenvalue weighted by Crippen LogP contribution is -2.48. The second kappa shape index (κ2) is 10.3. The molecule has 0 saturated carbocycles. The maximum atomic E-state index is 12.3. The highest BCUT2D eigenvalue weighted by Crippen LogP contribution is 2.10. The Kier molecular flexibility index (Phi) is 8.36. The standard InChI is InChI=1S/C19H33N3O2S/c1-3-4-5-6-12-21-14-16-22(17-15-21)13-11-20-25(23,24)19-9-7-18(2)8-10-19/h7-10,20H,3-6,11-17H2,1-2H3. The summed E-state index contributed by atoms with van der Waals surface area (Å²) in [4.78, 5) is 5.22. The number of nitrogens with zero attached hydrogens (tertiary/aromatic N) is 2. The molecule has 1 aliphatic rings. The van der Waals surface area contributed by atoms with Crippen molar-refractivity contribution in [3.8, 4) is 0 Å². The van der Waals surface area contributed by atoms with Crippen LogP contribution in [0.1, 0.15) is 38.2 Å². The van der Waals surface area contributed by atoms with Crippen LogP contribution in [-0.2, 0) is 10.0 Å². The van der Waals surface area contributed by atoms with Crippen LogP contribution in [0.3, 0.4) is 0 Å². The molecule has 0 bridgehead atoms. The van der Waals surface area contributed by atoms with E-state index >= 15 is 0 Å². The van der Waals surface area contributed by atoms with Gasteiger partial charge in [0.1, 0.15) is 0 Å². The Morgan fingerprint density at radius 3 is 2.12 bits per heavy atom. The van der Waals surface area contributed by atoms with Crippen LogP contribution in [0.25, 0.3) is 0 Å². The molecule has 0 aliphatic carbocycles. The van der Waals surface area contributed by atoms with E-state index in [0.717, 1.165) is 38.3 Å². The summed E-state index contributed by atoms with van der Waals surface area (Å²) < 4.78 is 27.3. The van der Waals surface area contributed by atoms with Crippen LogP contribution in [0.2, 0.25) is 0 Å². The van der Waals surface area contributed by atoms with Crippen molar-refractivity contribution in [1.29, 1.82) is 0 Å². The van der Waals surface area contributed by atoms with Gasteiger partial charge in [0.25, 0.3) is 0 Å². The van der Waals surface area contributed by atoms with E-state index in [-0.39, 0.29) is 0 Å². The highest BCUT2D eigenvalue weighted by molar-refractivity contribution is 7.89. The van der Waals surface area contributed by atoms with Gasteiger partial charge in [0.05, 0.1) is 4.90 Å². The number of unbranched alkanes of at least 4 members (excludes halogenated alkanes) is 3. The molecule has 0 atom stereocenters. The highest BCUT2D eigenvalue weighted by Gasteiger charge is 2.18. The fraction of sp³-hybridized carbons (Fsp3) is 0.684. The molecule has 0 unspecified atom stereocenters. The molecule has 1 fully saturated rings. The molecule has 0 spiro atoms. The highest BCUT2D eigenvalue weighted by atomic mass is 32.2. The summed E-state index contributed by atoms with van der Waals surface area (Å²) in [5.41, 5.74) is 1.06. The Morgan fingerprint density at radius 2 is 1.52 bits per heavy atom. The lowest BCUT2D eigenvalue weighted by Gasteiger charge is -2.34. The smallest absolute Gasteiger partial charge is 0.240 e. The third-order valence-corrected chi connectivity index (χ3v) is 6.32. The van der Waals surface area contributed by atoms with Crippen molar-refractivity contribution in [1.82, 2.24) is 14.5 Å². The number of aryl methyl sites for hydroxylation is 1. The molecular formula is C19H33N3O2S. The summed E-state index contributed by atoms with van der Waals surface area (Å²) in [5.74, 6) is 0. The summed E-state index contributed by atoms with van der Waals surface area (Å²) in [6.45, 7) is 10.9. The number of piperazine rings is 1. The lowest BCUT2D eigenvalue weighted by molar-refractivity contribution is 0.132. The van der Waals surface area contributed by atoms with Gasteiger partial charge in [-0.3, -0.25) is 4.90 Å². The molecule has 1 heterocycles. The van der Waals surface area contributed by atoms with Crippen molar-refractivity contribution in [2.45, 2.75) is 44.4 Å². The van der Waals surface area contributed by atoms with Crippen LogP contribution in [0, 0.1) is 6.92 Å². The number of nitrogens with one attached hydrogen (secondary N) is 1. The molecule has 5 nitrogen and oxygen atoms in total. The molecule has 142 valence electrons. The van der Waals surface area contributed by atoms with Crippen molar-refractivity contribution < 1.29 is 8.42 Å². The second-order valence-corrected chi connectivity index (χ2v) is 8.72. The minimum atomic E-state index is -3.39. The molecule has 6 heteroatoms. The first-order valence-corrected chi connectivity index (χ1v) is 11.0. The van der Waals surface area contributed by atoms with Crippen LogP contribution < -0.4 is 4.72 Å². The topological polar surface area (TPSA) is 52.6 Å². The fourth-order valence-corrected chi connectivity index (χ4v) is 4.16. The number of sulfonamides is 1. The van der Waals surface area contributed by atoms with Gasteiger partial charge in [-0.1, -0.05) is 43.9 Å². The first-order chi connectivity index (χ1) is 12.0. The number of benzene rings is 1. The minimum Gasteiger partial charge on any atom is -0.301 e. The third-order valence-electron chi connectivity index (χ3n) is 4.84. The molecule has 2 rings (SSSR count). The summed E-state index contributed by atoms with van der Waals surface area (Å²) in [6.07, 6.45) is 5.25. The fourth-order valence-electron chi connectivity index (χ4n) is 3.14. The van der Waals surface area contributed by atoms with Gasteiger partial charge in [0, 0.05) is 39.3 Å². The molecular weight excluding hydrogens is 334 g/mol. The van der Waals surface area contributed by atoms with Gasteiger partial charge in [-0.05, 0) is 32.0 Å². The van der Waals surface area contributed by atoms with E-state index in [2.05, 4.69) is 21.4 Å². The maximum Gasteiger partial charge on any atom is 0.240 e. The van der Waals surface area contributed by atoms with Crippen molar-refractivity contribution in [2.24, 2.45) is 0 Å². The van der Waals surface area contributed by atoms with Crippen LogP contribution in [0.15, 0.2) is 29.2 Å². The van der Waals surface area contributed by atoms with Gasteiger partial charge in [-0.2, -0.15) is 0 Å². The Labute approximate surface area is 153 Å². The van der Waals surface area contributed by atoms with Crippen molar-refractivity contribution in [3.05, 3.63) is 29.8 Å². The largest absolute Gasteiger partial charge is 0.301 e.